The highest BCUT2D eigenvalue weighted by Gasteiger charge is 2.15. The van der Waals surface area contributed by atoms with Crippen LogP contribution in [0.25, 0.3) is 33.7 Å². The molecule has 0 atom stereocenters. The Kier molecular flexibility index (Phi) is 4.24. The van der Waals surface area contributed by atoms with Gasteiger partial charge in [-0.15, -0.1) is 0 Å². The summed E-state index contributed by atoms with van der Waals surface area (Å²) >= 11 is 0. The first-order chi connectivity index (χ1) is 13.1. The van der Waals surface area contributed by atoms with Gasteiger partial charge in [0.05, 0.1) is 12.7 Å². The van der Waals surface area contributed by atoms with Crippen molar-refractivity contribution >= 4 is 16.8 Å². The van der Waals surface area contributed by atoms with Crippen LogP contribution >= 0.6 is 0 Å². The molecule has 1 heterocycles. The second kappa shape index (κ2) is 6.72. The molecule has 0 unspecified atom stereocenters. The van der Waals surface area contributed by atoms with E-state index in [1.165, 1.54) is 12.1 Å². The zero-order valence-electron chi connectivity index (χ0n) is 14.7. The first-order valence-corrected chi connectivity index (χ1v) is 8.30. The number of nitrogens with zero attached hydrogens (tertiary/aromatic N) is 1. The van der Waals surface area contributed by atoms with Crippen molar-refractivity contribution in [3.63, 3.8) is 0 Å². The number of hydrogen-bond acceptors (Lipinski definition) is 4. The molecular formula is C21H16F2N2O2. The molecule has 0 bridgehead atoms. The van der Waals surface area contributed by atoms with E-state index in [1.807, 2.05) is 25.2 Å². The maximum absolute atomic E-state index is 13.5. The Balaban J connectivity index is 1.82. The fourth-order valence-corrected chi connectivity index (χ4v) is 2.97. The number of hydrogen-bond donors (Lipinski definition) is 1. The fourth-order valence-electron chi connectivity index (χ4n) is 2.97. The summed E-state index contributed by atoms with van der Waals surface area (Å²) in [4.78, 5) is 4.54. The number of oxazole rings is 1. The summed E-state index contributed by atoms with van der Waals surface area (Å²) in [6.07, 6.45) is 0. The van der Waals surface area contributed by atoms with E-state index in [0.717, 1.165) is 11.8 Å². The normalized spacial score (nSPS) is 11.0. The van der Waals surface area contributed by atoms with Crippen molar-refractivity contribution in [1.29, 1.82) is 0 Å². The molecule has 1 aromatic heterocycles. The highest BCUT2D eigenvalue weighted by atomic mass is 19.1. The van der Waals surface area contributed by atoms with Crippen LogP contribution in [-0.2, 0) is 0 Å². The molecule has 1 N–H and O–H groups in total. The van der Waals surface area contributed by atoms with Gasteiger partial charge in [-0.25, -0.2) is 13.8 Å². The lowest BCUT2D eigenvalue weighted by atomic mass is 10.1. The van der Waals surface area contributed by atoms with Crippen molar-refractivity contribution < 1.29 is 17.9 Å². The molecule has 0 saturated heterocycles. The number of fused-ring (bicyclic) bond motifs is 1. The van der Waals surface area contributed by atoms with E-state index in [4.69, 9.17) is 9.15 Å². The van der Waals surface area contributed by atoms with Crippen LogP contribution in [0.1, 0.15) is 0 Å². The van der Waals surface area contributed by atoms with Crippen LogP contribution in [-0.4, -0.2) is 19.1 Å². The summed E-state index contributed by atoms with van der Waals surface area (Å²) in [6, 6.07) is 14.2. The van der Waals surface area contributed by atoms with Gasteiger partial charge in [-0.1, -0.05) is 6.07 Å². The molecule has 0 aliphatic rings. The Hall–Kier alpha value is -3.41. The smallest absolute Gasteiger partial charge is 0.231 e. The number of methoxy groups -OCH3 is 1. The third kappa shape index (κ3) is 3.21. The summed E-state index contributed by atoms with van der Waals surface area (Å²) in [5.41, 5.74) is 3.85. The van der Waals surface area contributed by atoms with Crippen molar-refractivity contribution in [2.24, 2.45) is 0 Å². The largest absolute Gasteiger partial charge is 0.496 e. The number of benzene rings is 3. The Labute approximate surface area is 154 Å². The van der Waals surface area contributed by atoms with Crippen molar-refractivity contribution in [2.45, 2.75) is 0 Å². The molecule has 6 heteroatoms. The van der Waals surface area contributed by atoms with E-state index in [0.29, 0.717) is 39.4 Å². The summed E-state index contributed by atoms with van der Waals surface area (Å²) in [5, 5.41) is 3.07. The summed E-state index contributed by atoms with van der Waals surface area (Å²) in [6.45, 7) is 0. The van der Waals surface area contributed by atoms with Crippen molar-refractivity contribution in [2.75, 3.05) is 19.5 Å². The number of halogens is 2. The van der Waals surface area contributed by atoms with Gasteiger partial charge in [0.2, 0.25) is 5.89 Å². The highest BCUT2D eigenvalue weighted by molar-refractivity contribution is 5.83. The lowest BCUT2D eigenvalue weighted by Crippen LogP contribution is -1.92. The molecule has 27 heavy (non-hydrogen) atoms. The molecular weight excluding hydrogens is 350 g/mol. The van der Waals surface area contributed by atoms with E-state index in [1.54, 1.807) is 25.3 Å². The van der Waals surface area contributed by atoms with Gasteiger partial charge in [0.25, 0.3) is 0 Å². The van der Waals surface area contributed by atoms with Crippen LogP contribution in [0.5, 0.6) is 5.75 Å². The Morgan fingerprint density at radius 2 is 1.70 bits per heavy atom. The Morgan fingerprint density at radius 1 is 0.926 bits per heavy atom. The van der Waals surface area contributed by atoms with Gasteiger partial charge < -0.3 is 14.5 Å². The third-order valence-corrected chi connectivity index (χ3v) is 4.30. The molecule has 0 aliphatic heterocycles. The van der Waals surface area contributed by atoms with Crippen LogP contribution in [0.4, 0.5) is 14.5 Å². The van der Waals surface area contributed by atoms with Crippen LogP contribution < -0.4 is 10.1 Å². The van der Waals surface area contributed by atoms with Gasteiger partial charge in [0.1, 0.15) is 22.9 Å². The molecule has 0 amide bonds. The molecule has 0 aliphatic carbocycles. The molecule has 0 radical (unpaired) electrons. The standard InChI is InChI=1S/C21H16F2N2O2/c1-24-16-4-6-19(26-2)17(11-16)21-25-18-9-12(3-5-20(18)27-21)13-7-14(22)10-15(23)8-13/h3-11,24H,1-2H3. The van der Waals surface area contributed by atoms with E-state index >= 15 is 0 Å². The van der Waals surface area contributed by atoms with Crippen LogP contribution in [0.2, 0.25) is 0 Å². The predicted octanol–water partition coefficient (Wildman–Crippen LogP) is 5.49. The molecule has 4 rings (SSSR count). The molecule has 3 aromatic carbocycles. The van der Waals surface area contributed by atoms with Crippen molar-refractivity contribution in [3.05, 3.63) is 66.2 Å². The minimum absolute atomic E-state index is 0.404. The molecule has 4 aromatic rings. The Morgan fingerprint density at radius 3 is 2.41 bits per heavy atom. The topological polar surface area (TPSA) is 47.3 Å². The lowest BCUT2D eigenvalue weighted by Gasteiger charge is -2.07. The van der Waals surface area contributed by atoms with Gasteiger partial charge in [0.15, 0.2) is 5.58 Å². The van der Waals surface area contributed by atoms with Crippen LogP contribution in [0.3, 0.4) is 0 Å². The van der Waals surface area contributed by atoms with E-state index in [-0.39, 0.29) is 0 Å². The average Bonchev–Trinajstić information content (AvgIpc) is 3.09. The molecule has 0 saturated carbocycles. The maximum Gasteiger partial charge on any atom is 0.231 e. The minimum Gasteiger partial charge on any atom is -0.496 e. The van der Waals surface area contributed by atoms with Gasteiger partial charge in [-0.3, -0.25) is 0 Å². The summed E-state index contributed by atoms with van der Waals surface area (Å²) in [7, 11) is 3.40. The molecule has 4 nitrogen and oxygen atoms in total. The lowest BCUT2D eigenvalue weighted by molar-refractivity contribution is 0.415. The molecule has 136 valence electrons. The van der Waals surface area contributed by atoms with Crippen LogP contribution in [0, 0.1) is 11.6 Å². The number of ether oxygens (including phenoxy) is 1. The van der Waals surface area contributed by atoms with Gasteiger partial charge in [-0.05, 0) is 53.6 Å². The second-order valence-corrected chi connectivity index (χ2v) is 6.02. The van der Waals surface area contributed by atoms with E-state index in [2.05, 4.69) is 10.3 Å². The summed E-state index contributed by atoms with van der Waals surface area (Å²) in [5.74, 6) is -0.214. The SMILES string of the molecule is CNc1ccc(OC)c(-c2nc3cc(-c4cc(F)cc(F)c4)ccc3o2)c1. The molecule has 0 fully saturated rings. The second-order valence-electron chi connectivity index (χ2n) is 6.02. The Bertz CT molecular complexity index is 1120. The zero-order valence-corrected chi connectivity index (χ0v) is 14.7. The maximum atomic E-state index is 13.5. The number of rotatable bonds is 4. The zero-order chi connectivity index (χ0) is 19.0. The number of aromatic nitrogens is 1. The van der Waals surface area contributed by atoms with Crippen molar-refractivity contribution in [1.82, 2.24) is 4.98 Å². The monoisotopic (exact) mass is 366 g/mol. The van der Waals surface area contributed by atoms with Crippen molar-refractivity contribution in [3.8, 4) is 28.3 Å². The molecule has 0 spiro atoms. The first-order valence-electron chi connectivity index (χ1n) is 8.30. The number of anilines is 1. The van der Waals surface area contributed by atoms with Crippen LogP contribution in [0.15, 0.2) is 59.0 Å². The van der Waals surface area contributed by atoms with Gasteiger partial charge in [0, 0.05) is 18.8 Å². The summed E-state index contributed by atoms with van der Waals surface area (Å²) < 4.78 is 38.3. The average molecular weight is 366 g/mol. The highest BCUT2D eigenvalue weighted by Crippen LogP contribution is 2.35. The number of nitrogens with one attached hydrogen (secondary N) is 1. The first kappa shape index (κ1) is 17.0. The quantitative estimate of drug-likeness (QED) is 0.519. The third-order valence-electron chi connectivity index (χ3n) is 4.30. The van der Waals surface area contributed by atoms with E-state index in [9.17, 15) is 8.78 Å². The predicted molar refractivity (Wildman–Crippen MR) is 101 cm³/mol. The fraction of sp³-hybridized carbons (Fsp3) is 0.0952. The van der Waals surface area contributed by atoms with Gasteiger partial charge >= 0.3 is 0 Å². The van der Waals surface area contributed by atoms with E-state index < -0.39 is 11.6 Å². The minimum atomic E-state index is -0.625. The van der Waals surface area contributed by atoms with Gasteiger partial charge in [-0.2, -0.15) is 0 Å².